The minimum Gasteiger partial charge on any atom is -0.383 e. The van der Waals surface area contributed by atoms with Gasteiger partial charge in [0.05, 0.1) is 6.61 Å². The average molecular weight is 290 g/mol. The van der Waals surface area contributed by atoms with Gasteiger partial charge in [-0.15, -0.1) is 0 Å². The van der Waals surface area contributed by atoms with Gasteiger partial charge in [0, 0.05) is 38.5 Å². The van der Waals surface area contributed by atoms with E-state index in [1.165, 1.54) is 37.1 Å². The Morgan fingerprint density at radius 3 is 2.71 bits per heavy atom. The van der Waals surface area contributed by atoms with E-state index in [0.29, 0.717) is 0 Å². The van der Waals surface area contributed by atoms with Crippen LogP contribution in [0.3, 0.4) is 0 Å². The predicted molar refractivity (Wildman–Crippen MR) is 89.8 cm³/mol. The highest BCUT2D eigenvalue weighted by Crippen LogP contribution is 2.34. The number of rotatable bonds is 10. The summed E-state index contributed by atoms with van der Waals surface area (Å²) in [5, 5.41) is 3.47. The molecule has 0 radical (unpaired) electrons. The Balaban J connectivity index is 2.01. The second-order valence-electron chi connectivity index (χ2n) is 6.41. The van der Waals surface area contributed by atoms with Crippen molar-refractivity contribution in [3.63, 3.8) is 0 Å². The predicted octanol–water partition coefficient (Wildman–Crippen LogP) is 3.44. The molecule has 1 aliphatic carbocycles. The molecule has 1 aromatic rings. The summed E-state index contributed by atoms with van der Waals surface area (Å²) in [6, 6.07) is 9.61. The second kappa shape index (κ2) is 8.40. The fourth-order valence-corrected chi connectivity index (χ4v) is 2.62. The van der Waals surface area contributed by atoms with Gasteiger partial charge in [-0.1, -0.05) is 32.0 Å². The molecule has 0 aromatic heterocycles. The Morgan fingerprint density at radius 2 is 2.05 bits per heavy atom. The van der Waals surface area contributed by atoms with Crippen molar-refractivity contribution < 1.29 is 4.74 Å². The number of hydrogen-bond donors (Lipinski definition) is 1. The van der Waals surface area contributed by atoms with E-state index >= 15 is 0 Å². The minimum atomic E-state index is 0.762. The normalized spacial score (nSPS) is 14.7. The van der Waals surface area contributed by atoms with E-state index < -0.39 is 0 Å². The number of nitrogens with one attached hydrogen (secondary N) is 1. The molecule has 3 nitrogen and oxygen atoms in total. The van der Waals surface area contributed by atoms with Crippen LogP contribution in [0.4, 0.5) is 5.69 Å². The summed E-state index contributed by atoms with van der Waals surface area (Å²) in [5.74, 6) is 0.762. The van der Waals surface area contributed by atoms with Crippen molar-refractivity contribution in [3.8, 4) is 0 Å². The number of benzene rings is 1. The zero-order valence-electron chi connectivity index (χ0n) is 13.8. The molecule has 0 atom stereocenters. The Morgan fingerprint density at radius 1 is 1.29 bits per heavy atom. The third kappa shape index (κ3) is 5.33. The highest BCUT2D eigenvalue weighted by Gasteiger charge is 2.30. The molecule has 0 aliphatic heterocycles. The molecule has 21 heavy (non-hydrogen) atoms. The molecule has 1 saturated carbocycles. The smallest absolute Gasteiger partial charge is 0.0587 e. The highest BCUT2D eigenvalue weighted by molar-refractivity contribution is 5.55. The van der Waals surface area contributed by atoms with Crippen molar-refractivity contribution in [1.29, 1.82) is 0 Å². The van der Waals surface area contributed by atoms with Crippen LogP contribution in [-0.4, -0.2) is 32.8 Å². The SMILES string of the molecule is COCCNCc1ccccc1N(CCC(C)C)C1CC1. The molecule has 1 N–H and O–H groups in total. The number of para-hydroxylation sites is 1. The summed E-state index contributed by atoms with van der Waals surface area (Å²) in [4.78, 5) is 2.63. The molecule has 0 bridgehead atoms. The Labute approximate surface area is 129 Å². The summed E-state index contributed by atoms with van der Waals surface area (Å²) < 4.78 is 5.10. The average Bonchev–Trinajstić information content (AvgIpc) is 3.29. The van der Waals surface area contributed by atoms with Crippen LogP contribution in [0, 0.1) is 5.92 Å². The topological polar surface area (TPSA) is 24.5 Å². The third-order valence-corrected chi connectivity index (χ3v) is 4.03. The maximum Gasteiger partial charge on any atom is 0.0587 e. The zero-order chi connectivity index (χ0) is 15.1. The van der Waals surface area contributed by atoms with Gasteiger partial charge in [0.15, 0.2) is 0 Å². The molecular formula is C18H30N2O. The standard InChI is InChI=1S/C18H30N2O/c1-15(2)10-12-20(17-8-9-17)18-7-5-4-6-16(18)14-19-11-13-21-3/h4-7,15,17,19H,8-14H2,1-3H3. The van der Waals surface area contributed by atoms with E-state index in [1.807, 2.05) is 0 Å². The van der Waals surface area contributed by atoms with Crippen LogP contribution < -0.4 is 10.2 Å². The van der Waals surface area contributed by atoms with Gasteiger partial charge in [0.1, 0.15) is 0 Å². The second-order valence-corrected chi connectivity index (χ2v) is 6.41. The first-order chi connectivity index (χ1) is 10.2. The van der Waals surface area contributed by atoms with Crippen LogP contribution in [0.25, 0.3) is 0 Å². The first-order valence-electron chi connectivity index (χ1n) is 8.26. The Kier molecular flexibility index (Phi) is 6.52. The van der Waals surface area contributed by atoms with Gasteiger partial charge in [0.2, 0.25) is 0 Å². The summed E-state index contributed by atoms with van der Waals surface area (Å²) >= 11 is 0. The number of hydrogen-bond acceptors (Lipinski definition) is 3. The van der Waals surface area contributed by atoms with Crippen LogP contribution in [0.5, 0.6) is 0 Å². The monoisotopic (exact) mass is 290 g/mol. The number of methoxy groups -OCH3 is 1. The lowest BCUT2D eigenvalue weighted by atomic mass is 10.1. The van der Waals surface area contributed by atoms with Crippen LogP contribution in [0.15, 0.2) is 24.3 Å². The summed E-state index contributed by atoms with van der Waals surface area (Å²) in [5.41, 5.74) is 2.83. The van der Waals surface area contributed by atoms with Gasteiger partial charge in [0.25, 0.3) is 0 Å². The molecule has 0 amide bonds. The Bertz CT molecular complexity index is 415. The molecule has 1 aromatic carbocycles. The number of anilines is 1. The van der Waals surface area contributed by atoms with E-state index in [-0.39, 0.29) is 0 Å². The summed E-state index contributed by atoms with van der Waals surface area (Å²) in [6.07, 6.45) is 3.97. The van der Waals surface area contributed by atoms with Crippen LogP contribution in [0.2, 0.25) is 0 Å². The largest absolute Gasteiger partial charge is 0.383 e. The zero-order valence-corrected chi connectivity index (χ0v) is 13.8. The van der Waals surface area contributed by atoms with Gasteiger partial charge in [-0.3, -0.25) is 0 Å². The van der Waals surface area contributed by atoms with E-state index in [9.17, 15) is 0 Å². The van der Waals surface area contributed by atoms with E-state index in [0.717, 1.165) is 31.7 Å². The highest BCUT2D eigenvalue weighted by atomic mass is 16.5. The van der Waals surface area contributed by atoms with Crippen LogP contribution in [0.1, 0.15) is 38.7 Å². The molecular weight excluding hydrogens is 260 g/mol. The van der Waals surface area contributed by atoms with Crippen molar-refractivity contribution in [2.45, 2.75) is 45.7 Å². The van der Waals surface area contributed by atoms with Crippen LogP contribution in [-0.2, 0) is 11.3 Å². The number of ether oxygens (including phenoxy) is 1. The maximum absolute atomic E-state index is 5.10. The van der Waals surface area contributed by atoms with Crippen molar-refractivity contribution in [2.24, 2.45) is 5.92 Å². The van der Waals surface area contributed by atoms with Crippen LogP contribution >= 0.6 is 0 Å². The van der Waals surface area contributed by atoms with Gasteiger partial charge in [-0.25, -0.2) is 0 Å². The molecule has 1 aliphatic rings. The van der Waals surface area contributed by atoms with Crippen molar-refractivity contribution in [3.05, 3.63) is 29.8 Å². The van der Waals surface area contributed by atoms with E-state index in [1.54, 1.807) is 7.11 Å². The van der Waals surface area contributed by atoms with Crippen molar-refractivity contribution >= 4 is 5.69 Å². The lowest BCUT2D eigenvalue weighted by molar-refractivity contribution is 0.199. The minimum absolute atomic E-state index is 0.762. The quantitative estimate of drug-likeness (QED) is 0.668. The van der Waals surface area contributed by atoms with Gasteiger partial charge in [-0.2, -0.15) is 0 Å². The van der Waals surface area contributed by atoms with Gasteiger partial charge < -0.3 is 15.0 Å². The lowest BCUT2D eigenvalue weighted by Gasteiger charge is -2.28. The van der Waals surface area contributed by atoms with Crippen molar-refractivity contribution in [1.82, 2.24) is 5.32 Å². The summed E-state index contributed by atoms with van der Waals surface area (Å²) in [7, 11) is 1.75. The molecule has 3 heteroatoms. The molecule has 0 unspecified atom stereocenters. The van der Waals surface area contributed by atoms with E-state index in [4.69, 9.17) is 4.74 Å². The number of nitrogens with zero attached hydrogens (tertiary/aromatic N) is 1. The lowest BCUT2D eigenvalue weighted by Crippen LogP contribution is -2.29. The van der Waals surface area contributed by atoms with E-state index in [2.05, 4.69) is 48.3 Å². The maximum atomic E-state index is 5.10. The molecule has 0 spiro atoms. The molecule has 2 rings (SSSR count). The van der Waals surface area contributed by atoms with Crippen molar-refractivity contribution in [2.75, 3.05) is 31.7 Å². The third-order valence-electron chi connectivity index (χ3n) is 4.03. The van der Waals surface area contributed by atoms with Gasteiger partial charge >= 0.3 is 0 Å². The fraction of sp³-hybridized carbons (Fsp3) is 0.667. The molecule has 1 fully saturated rings. The molecule has 0 heterocycles. The molecule has 0 saturated heterocycles. The fourth-order valence-electron chi connectivity index (χ4n) is 2.62. The molecule has 118 valence electrons. The Hall–Kier alpha value is -1.06. The summed E-state index contributed by atoms with van der Waals surface area (Å²) in [6.45, 7) is 8.39. The first kappa shape index (κ1) is 16.3. The van der Waals surface area contributed by atoms with Gasteiger partial charge in [-0.05, 0) is 36.8 Å². The first-order valence-corrected chi connectivity index (χ1v) is 8.26.